The summed E-state index contributed by atoms with van der Waals surface area (Å²) in [4.78, 5) is 3.50. The standard InChI is InChI=1S/C4H5Cl2NO2/c5-3(6)4(8)1-2-7-9-4/h2-3,8H,1H2. The van der Waals surface area contributed by atoms with Crippen molar-refractivity contribution in [2.75, 3.05) is 0 Å². The summed E-state index contributed by atoms with van der Waals surface area (Å²) < 4.78 is 0. The van der Waals surface area contributed by atoms with Gasteiger partial charge in [0.25, 0.3) is 5.79 Å². The Hall–Kier alpha value is 0.01000. The van der Waals surface area contributed by atoms with E-state index in [4.69, 9.17) is 28.3 Å². The number of hydrogen-bond acceptors (Lipinski definition) is 3. The third kappa shape index (κ3) is 1.28. The van der Waals surface area contributed by atoms with Crippen LogP contribution < -0.4 is 0 Å². The van der Waals surface area contributed by atoms with Gasteiger partial charge in [-0.2, -0.15) is 0 Å². The molecule has 0 saturated carbocycles. The van der Waals surface area contributed by atoms with Crippen LogP contribution in [0, 0.1) is 0 Å². The first-order chi connectivity index (χ1) is 4.15. The van der Waals surface area contributed by atoms with Gasteiger partial charge < -0.3 is 9.94 Å². The van der Waals surface area contributed by atoms with Gasteiger partial charge in [0.15, 0.2) is 4.84 Å². The van der Waals surface area contributed by atoms with Crippen molar-refractivity contribution in [2.45, 2.75) is 17.0 Å². The summed E-state index contributed by atoms with van der Waals surface area (Å²) >= 11 is 10.7. The maximum atomic E-state index is 9.16. The zero-order valence-corrected chi connectivity index (χ0v) is 5.93. The van der Waals surface area contributed by atoms with Crippen LogP contribution in [0.2, 0.25) is 0 Å². The molecular formula is C4H5Cl2NO2. The number of oxime groups is 1. The highest BCUT2D eigenvalue weighted by atomic mass is 35.5. The van der Waals surface area contributed by atoms with Crippen LogP contribution in [-0.4, -0.2) is 21.9 Å². The first-order valence-corrected chi connectivity index (χ1v) is 3.23. The largest absolute Gasteiger partial charge is 0.357 e. The summed E-state index contributed by atoms with van der Waals surface area (Å²) in [5, 5.41) is 12.5. The van der Waals surface area contributed by atoms with Gasteiger partial charge in [-0.05, 0) is 0 Å². The van der Waals surface area contributed by atoms with E-state index in [0.717, 1.165) is 0 Å². The van der Waals surface area contributed by atoms with Crippen LogP contribution in [-0.2, 0) is 4.84 Å². The third-order valence-electron chi connectivity index (χ3n) is 1.01. The minimum Gasteiger partial charge on any atom is -0.357 e. The highest BCUT2D eigenvalue weighted by Crippen LogP contribution is 2.27. The van der Waals surface area contributed by atoms with Gasteiger partial charge in [-0.3, -0.25) is 0 Å². The summed E-state index contributed by atoms with van der Waals surface area (Å²) in [5.74, 6) is -1.50. The molecule has 0 aromatic heterocycles. The molecule has 1 rings (SSSR count). The van der Waals surface area contributed by atoms with E-state index in [9.17, 15) is 0 Å². The maximum Gasteiger partial charge on any atom is 0.269 e. The molecule has 0 aromatic carbocycles. The summed E-state index contributed by atoms with van der Waals surface area (Å²) in [7, 11) is 0. The van der Waals surface area contributed by atoms with E-state index in [-0.39, 0.29) is 6.42 Å². The molecule has 3 nitrogen and oxygen atoms in total. The van der Waals surface area contributed by atoms with Crippen LogP contribution >= 0.6 is 23.2 Å². The van der Waals surface area contributed by atoms with Gasteiger partial charge in [0.1, 0.15) is 0 Å². The molecule has 0 bridgehead atoms. The molecule has 1 heterocycles. The Balaban J connectivity index is 2.55. The molecular weight excluding hydrogens is 165 g/mol. The number of alkyl halides is 2. The molecule has 0 saturated heterocycles. The van der Waals surface area contributed by atoms with Gasteiger partial charge >= 0.3 is 0 Å². The first-order valence-electron chi connectivity index (χ1n) is 2.36. The van der Waals surface area contributed by atoms with Crippen LogP contribution in [0.4, 0.5) is 0 Å². The fraction of sp³-hybridized carbons (Fsp3) is 0.750. The van der Waals surface area contributed by atoms with Crippen molar-refractivity contribution in [2.24, 2.45) is 5.16 Å². The molecule has 0 fully saturated rings. The van der Waals surface area contributed by atoms with E-state index in [1.165, 1.54) is 6.21 Å². The van der Waals surface area contributed by atoms with E-state index in [1.807, 2.05) is 0 Å². The van der Waals surface area contributed by atoms with Gasteiger partial charge in [-0.15, -0.1) is 0 Å². The zero-order chi connectivity index (χ0) is 6.91. The number of aliphatic hydroxyl groups is 1. The molecule has 52 valence electrons. The Labute approximate surface area is 62.2 Å². The van der Waals surface area contributed by atoms with Gasteiger partial charge in [-0.1, -0.05) is 28.4 Å². The molecule has 9 heavy (non-hydrogen) atoms. The number of rotatable bonds is 1. The van der Waals surface area contributed by atoms with Gasteiger partial charge in [0.05, 0.1) is 12.6 Å². The summed E-state index contributed by atoms with van der Waals surface area (Å²) in [6.07, 6.45) is 1.66. The Bertz CT molecular complexity index is 129. The highest BCUT2D eigenvalue weighted by Gasteiger charge is 2.39. The predicted octanol–water partition coefficient (Wildman–Crippen LogP) is 0.885. The van der Waals surface area contributed by atoms with E-state index in [2.05, 4.69) is 9.99 Å². The third-order valence-corrected chi connectivity index (χ3v) is 1.69. The number of hydrogen-bond donors (Lipinski definition) is 1. The lowest BCUT2D eigenvalue weighted by atomic mass is 10.2. The monoisotopic (exact) mass is 169 g/mol. The van der Waals surface area contributed by atoms with Crippen molar-refractivity contribution in [3.05, 3.63) is 0 Å². The number of nitrogens with zero attached hydrogens (tertiary/aromatic N) is 1. The Morgan fingerprint density at radius 3 is 2.67 bits per heavy atom. The minimum absolute atomic E-state index is 0.241. The molecule has 5 heteroatoms. The molecule has 0 aliphatic carbocycles. The molecule has 1 N–H and O–H groups in total. The molecule has 0 aromatic rings. The lowest BCUT2D eigenvalue weighted by Crippen LogP contribution is -2.34. The highest BCUT2D eigenvalue weighted by molar-refractivity contribution is 6.45. The molecule has 1 aliphatic heterocycles. The molecule has 1 atom stereocenters. The maximum absolute atomic E-state index is 9.16. The molecule has 1 aliphatic rings. The van der Waals surface area contributed by atoms with E-state index >= 15 is 0 Å². The van der Waals surface area contributed by atoms with Gasteiger partial charge in [0, 0.05) is 0 Å². The average Bonchev–Trinajstić information content (AvgIpc) is 2.16. The van der Waals surface area contributed by atoms with Crippen molar-refractivity contribution < 1.29 is 9.94 Å². The zero-order valence-electron chi connectivity index (χ0n) is 4.42. The van der Waals surface area contributed by atoms with Crippen LogP contribution in [0.3, 0.4) is 0 Å². The SMILES string of the molecule is OC1(C(Cl)Cl)CC=NO1. The van der Waals surface area contributed by atoms with Crippen molar-refractivity contribution in [1.82, 2.24) is 0 Å². The second kappa shape index (κ2) is 2.33. The molecule has 1 unspecified atom stereocenters. The predicted molar refractivity (Wildman–Crippen MR) is 34.6 cm³/mol. The van der Waals surface area contributed by atoms with Gasteiger partial charge in [-0.25, -0.2) is 0 Å². The van der Waals surface area contributed by atoms with Crippen molar-refractivity contribution >= 4 is 29.4 Å². The summed E-state index contributed by atoms with van der Waals surface area (Å²) in [6.45, 7) is 0. The second-order valence-corrected chi connectivity index (χ2v) is 2.83. The Morgan fingerprint density at radius 1 is 1.78 bits per heavy atom. The lowest BCUT2D eigenvalue weighted by molar-refractivity contribution is -0.174. The normalized spacial score (nSPS) is 33.3. The number of halogens is 2. The average molecular weight is 170 g/mol. The topological polar surface area (TPSA) is 41.8 Å². The second-order valence-electron chi connectivity index (χ2n) is 1.73. The Morgan fingerprint density at radius 2 is 2.44 bits per heavy atom. The van der Waals surface area contributed by atoms with Crippen LogP contribution in [0.5, 0.6) is 0 Å². The fourth-order valence-electron chi connectivity index (χ4n) is 0.463. The molecule has 0 radical (unpaired) electrons. The van der Waals surface area contributed by atoms with Crippen LogP contribution in [0.25, 0.3) is 0 Å². The fourth-order valence-corrected chi connectivity index (χ4v) is 0.721. The van der Waals surface area contributed by atoms with E-state index < -0.39 is 10.6 Å². The van der Waals surface area contributed by atoms with Crippen LogP contribution in [0.1, 0.15) is 6.42 Å². The summed E-state index contributed by atoms with van der Waals surface area (Å²) in [6, 6.07) is 0. The van der Waals surface area contributed by atoms with Crippen molar-refractivity contribution in [1.29, 1.82) is 0 Å². The van der Waals surface area contributed by atoms with Gasteiger partial charge in [0.2, 0.25) is 0 Å². The Kier molecular flexibility index (Phi) is 1.84. The smallest absolute Gasteiger partial charge is 0.269 e. The van der Waals surface area contributed by atoms with Crippen molar-refractivity contribution in [3.63, 3.8) is 0 Å². The first kappa shape index (κ1) is 7.12. The molecule has 0 spiro atoms. The minimum atomic E-state index is -1.50. The molecule has 0 amide bonds. The van der Waals surface area contributed by atoms with E-state index in [0.29, 0.717) is 0 Å². The van der Waals surface area contributed by atoms with Crippen molar-refractivity contribution in [3.8, 4) is 0 Å². The summed E-state index contributed by atoms with van der Waals surface area (Å²) in [5.41, 5.74) is 0. The quantitative estimate of drug-likeness (QED) is 0.593. The van der Waals surface area contributed by atoms with E-state index in [1.54, 1.807) is 0 Å². The lowest BCUT2D eigenvalue weighted by Gasteiger charge is -2.19. The van der Waals surface area contributed by atoms with Crippen LogP contribution in [0.15, 0.2) is 5.16 Å².